The summed E-state index contributed by atoms with van der Waals surface area (Å²) in [6, 6.07) is -0.964. The van der Waals surface area contributed by atoms with Gasteiger partial charge in [0.05, 0.1) is 0 Å². The Bertz CT molecular complexity index is 442. The van der Waals surface area contributed by atoms with E-state index < -0.39 is 23.7 Å². The van der Waals surface area contributed by atoms with Crippen LogP contribution in [0.5, 0.6) is 0 Å². The van der Waals surface area contributed by atoms with Gasteiger partial charge >= 0.3 is 12.1 Å². The van der Waals surface area contributed by atoms with Gasteiger partial charge in [-0.05, 0) is 40.0 Å². The first kappa shape index (κ1) is 24.4. The monoisotopic (exact) mass is 371 g/mol. The lowest BCUT2D eigenvalue weighted by Crippen LogP contribution is -2.43. The predicted octanol–water partition coefficient (Wildman–Crippen LogP) is 4.70. The second-order valence-electron chi connectivity index (χ2n) is 8.00. The average Bonchev–Trinajstić information content (AvgIpc) is 2.51. The van der Waals surface area contributed by atoms with Crippen LogP contribution in [0.25, 0.3) is 0 Å². The molecule has 6 heteroatoms. The van der Waals surface area contributed by atoms with Crippen molar-refractivity contribution in [3.63, 3.8) is 0 Å². The minimum atomic E-state index is -1.07. The normalized spacial score (nSPS) is 13.7. The molecule has 0 saturated heterocycles. The van der Waals surface area contributed by atoms with Crippen molar-refractivity contribution in [2.45, 2.75) is 104 Å². The number of aliphatic carboxylic acids is 1. The molecule has 0 aromatic rings. The Balaban J connectivity index is 4.05. The summed E-state index contributed by atoms with van der Waals surface area (Å²) < 4.78 is 5.09. The molecule has 26 heavy (non-hydrogen) atoms. The molecule has 0 bridgehead atoms. The van der Waals surface area contributed by atoms with Gasteiger partial charge in [-0.15, -0.1) is 0 Å². The van der Waals surface area contributed by atoms with Gasteiger partial charge in [-0.3, -0.25) is 4.79 Å². The molecule has 0 saturated carbocycles. The minimum Gasteiger partial charge on any atom is -0.480 e. The predicted molar refractivity (Wildman–Crippen MR) is 102 cm³/mol. The van der Waals surface area contributed by atoms with Gasteiger partial charge in [0.2, 0.25) is 0 Å². The molecule has 0 radical (unpaired) electrons. The van der Waals surface area contributed by atoms with Crippen molar-refractivity contribution in [3.05, 3.63) is 0 Å². The standard InChI is InChI=1S/C20H37NO5/c1-6-7-9-12-15(2)17(22)14-11-8-10-13-16(18(23)24)21-19(25)26-20(3,4)5/h15-16H,6-14H2,1-5H3,(H,21,25)(H,23,24)/t15-,16-/m0/s1. The van der Waals surface area contributed by atoms with E-state index in [1.54, 1.807) is 20.8 Å². The van der Waals surface area contributed by atoms with E-state index in [1.807, 2.05) is 6.92 Å². The number of carbonyl (C=O) groups excluding carboxylic acids is 2. The summed E-state index contributed by atoms with van der Waals surface area (Å²) in [6.45, 7) is 9.31. The lowest BCUT2D eigenvalue weighted by atomic mass is 9.95. The maximum atomic E-state index is 12.1. The third-order valence-corrected chi connectivity index (χ3v) is 4.20. The van der Waals surface area contributed by atoms with E-state index in [-0.39, 0.29) is 5.92 Å². The molecule has 2 atom stereocenters. The summed E-state index contributed by atoms with van der Waals surface area (Å²) in [5, 5.41) is 11.6. The van der Waals surface area contributed by atoms with Gasteiger partial charge in [-0.25, -0.2) is 9.59 Å². The van der Waals surface area contributed by atoms with Crippen LogP contribution in [-0.4, -0.2) is 34.6 Å². The van der Waals surface area contributed by atoms with Gasteiger partial charge in [0.25, 0.3) is 0 Å². The van der Waals surface area contributed by atoms with Gasteiger partial charge in [0, 0.05) is 12.3 Å². The molecule has 0 unspecified atom stereocenters. The number of hydrogen-bond acceptors (Lipinski definition) is 4. The molecule has 0 aromatic carbocycles. The maximum Gasteiger partial charge on any atom is 0.408 e. The van der Waals surface area contributed by atoms with Gasteiger partial charge in [-0.2, -0.15) is 0 Å². The molecule has 2 N–H and O–H groups in total. The summed E-state index contributed by atoms with van der Waals surface area (Å²) in [5.74, 6) is -0.665. The highest BCUT2D eigenvalue weighted by Crippen LogP contribution is 2.15. The van der Waals surface area contributed by atoms with E-state index >= 15 is 0 Å². The molecule has 0 spiro atoms. The third-order valence-electron chi connectivity index (χ3n) is 4.20. The van der Waals surface area contributed by atoms with E-state index in [1.165, 1.54) is 6.42 Å². The van der Waals surface area contributed by atoms with Gasteiger partial charge in [0.15, 0.2) is 0 Å². The Morgan fingerprint density at radius 3 is 2.15 bits per heavy atom. The summed E-state index contributed by atoms with van der Waals surface area (Å²) in [7, 11) is 0. The molecule has 0 aliphatic rings. The molecule has 0 heterocycles. The molecule has 0 aliphatic carbocycles. The molecule has 152 valence electrons. The van der Waals surface area contributed by atoms with Gasteiger partial charge in [0.1, 0.15) is 17.4 Å². The second-order valence-corrected chi connectivity index (χ2v) is 8.00. The number of unbranched alkanes of at least 4 members (excludes halogenated alkanes) is 4. The number of amides is 1. The van der Waals surface area contributed by atoms with E-state index in [0.717, 1.165) is 32.1 Å². The molecule has 0 aromatic heterocycles. The van der Waals surface area contributed by atoms with Crippen LogP contribution < -0.4 is 5.32 Å². The fourth-order valence-corrected chi connectivity index (χ4v) is 2.64. The Morgan fingerprint density at radius 2 is 1.62 bits per heavy atom. The molecule has 0 fully saturated rings. The number of ketones is 1. The van der Waals surface area contributed by atoms with E-state index in [9.17, 15) is 19.5 Å². The quantitative estimate of drug-likeness (QED) is 0.458. The summed E-state index contributed by atoms with van der Waals surface area (Å²) >= 11 is 0. The number of rotatable bonds is 13. The second kappa shape index (κ2) is 12.7. The number of ether oxygens (including phenoxy) is 1. The van der Waals surface area contributed by atoms with E-state index in [2.05, 4.69) is 12.2 Å². The zero-order valence-electron chi connectivity index (χ0n) is 17.1. The van der Waals surface area contributed by atoms with E-state index in [4.69, 9.17) is 4.74 Å². The van der Waals surface area contributed by atoms with Gasteiger partial charge < -0.3 is 15.2 Å². The first-order valence-corrected chi connectivity index (χ1v) is 9.81. The molecule has 0 aliphatic heterocycles. The number of hydrogen-bond donors (Lipinski definition) is 2. The van der Waals surface area contributed by atoms with Crippen LogP contribution >= 0.6 is 0 Å². The highest BCUT2D eigenvalue weighted by atomic mass is 16.6. The SMILES string of the molecule is CCCCC[C@H](C)C(=O)CCCCC[C@H](NC(=O)OC(C)(C)C)C(=O)O. The van der Waals surface area contributed by atoms with Crippen molar-refractivity contribution >= 4 is 17.8 Å². The zero-order chi connectivity index (χ0) is 20.2. The topological polar surface area (TPSA) is 92.7 Å². The summed E-state index contributed by atoms with van der Waals surface area (Å²) in [4.78, 5) is 35.0. The van der Waals surface area contributed by atoms with Crippen LogP contribution in [0.4, 0.5) is 4.79 Å². The van der Waals surface area contributed by atoms with Crippen LogP contribution in [0, 0.1) is 5.92 Å². The van der Waals surface area contributed by atoms with Crippen molar-refractivity contribution in [2.75, 3.05) is 0 Å². The van der Waals surface area contributed by atoms with Crippen LogP contribution in [0.2, 0.25) is 0 Å². The van der Waals surface area contributed by atoms with E-state index in [0.29, 0.717) is 25.0 Å². The lowest BCUT2D eigenvalue weighted by Gasteiger charge is -2.22. The van der Waals surface area contributed by atoms with Gasteiger partial charge in [-0.1, -0.05) is 46.0 Å². The number of Topliss-reactive ketones (excluding diaryl/α,β-unsaturated/α-hetero) is 1. The van der Waals surface area contributed by atoms with Crippen LogP contribution in [0.3, 0.4) is 0 Å². The molecular weight excluding hydrogens is 334 g/mol. The smallest absolute Gasteiger partial charge is 0.408 e. The number of carboxylic acids is 1. The Labute approximate surface area is 158 Å². The first-order valence-electron chi connectivity index (χ1n) is 9.81. The maximum absolute atomic E-state index is 12.1. The zero-order valence-corrected chi connectivity index (χ0v) is 17.1. The number of nitrogens with one attached hydrogen (secondary N) is 1. The van der Waals surface area contributed by atoms with Crippen molar-refractivity contribution in [1.82, 2.24) is 5.32 Å². The average molecular weight is 372 g/mol. The Morgan fingerprint density at radius 1 is 1.00 bits per heavy atom. The van der Waals surface area contributed by atoms with Crippen molar-refractivity contribution < 1.29 is 24.2 Å². The highest BCUT2D eigenvalue weighted by molar-refractivity contribution is 5.80. The first-order chi connectivity index (χ1) is 12.1. The third kappa shape index (κ3) is 12.7. The van der Waals surface area contributed by atoms with Crippen molar-refractivity contribution in [1.29, 1.82) is 0 Å². The number of carbonyl (C=O) groups is 3. The summed E-state index contributed by atoms with van der Waals surface area (Å²) in [6.07, 6.45) is 6.70. The highest BCUT2D eigenvalue weighted by Gasteiger charge is 2.23. The number of alkyl carbamates (subject to hydrolysis) is 1. The molecule has 0 rings (SSSR count). The van der Waals surface area contributed by atoms with Crippen molar-refractivity contribution in [3.8, 4) is 0 Å². The number of carboxylic acid groups (broad SMARTS) is 1. The molecule has 1 amide bonds. The van der Waals surface area contributed by atoms with Crippen molar-refractivity contribution in [2.24, 2.45) is 5.92 Å². The van der Waals surface area contributed by atoms with Crippen LogP contribution in [-0.2, 0) is 14.3 Å². The van der Waals surface area contributed by atoms with Crippen LogP contribution in [0.15, 0.2) is 0 Å². The Hall–Kier alpha value is -1.59. The fraction of sp³-hybridized carbons (Fsp3) is 0.850. The molecular formula is C20H37NO5. The van der Waals surface area contributed by atoms with Crippen LogP contribution in [0.1, 0.15) is 92.4 Å². The lowest BCUT2D eigenvalue weighted by molar-refractivity contribution is -0.139. The largest absolute Gasteiger partial charge is 0.480 e. The minimum absolute atomic E-state index is 0.113. The summed E-state index contributed by atoms with van der Waals surface area (Å²) in [5.41, 5.74) is -0.665. The fourth-order valence-electron chi connectivity index (χ4n) is 2.64. The molecule has 6 nitrogen and oxygen atoms in total. The Kier molecular flexibility index (Phi) is 11.9.